The molecule has 1 unspecified atom stereocenters. The molecular formula is C13H14N2O2. The van der Waals surface area contributed by atoms with Gasteiger partial charge in [-0.2, -0.15) is 0 Å². The number of fused-ring (bicyclic) bond motifs is 1. The zero-order chi connectivity index (χ0) is 12.3. The third kappa shape index (κ3) is 2.36. The maximum absolute atomic E-state index is 11.3. The number of aromatic nitrogens is 1. The van der Waals surface area contributed by atoms with Gasteiger partial charge < -0.3 is 4.98 Å². The Kier molecular flexibility index (Phi) is 3.23. The lowest BCUT2D eigenvalue weighted by molar-refractivity contribution is -0.125. The molecule has 88 valence electrons. The number of nitrogens with one attached hydrogen (secondary N) is 2. The van der Waals surface area contributed by atoms with Crippen LogP contribution in [0.15, 0.2) is 30.5 Å². The van der Waals surface area contributed by atoms with Gasteiger partial charge in [0.15, 0.2) is 0 Å². The van der Waals surface area contributed by atoms with Gasteiger partial charge >= 0.3 is 0 Å². The van der Waals surface area contributed by atoms with Crippen LogP contribution in [0, 0.1) is 0 Å². The number of hydrogen-bond acceptors (Lipinski definition) is 2. The van der Waals surface area contributed by atoms with Gasteiger partial charge in [-0.05, 0) is 17.5 Å². The maximum atomic E-state index is 11.3. The standard InChI is InChI=1S/C13H14N2O2/c1-9(6-13(17)15-8-16)11-7-14-12-5-3-2-4-10(11)12/h2-5,7-9,14H,6H2,1H3,(H,15,16,17). The molecule has 1 aromatic heterocycles. The highest BCUT2D eigenvalue weighted by Crippen LogP contribution is 2.27. The van der Waals surface area contributed by atoms with Crippen molar-refractivity contribution in [2.75, 3.05) is 0 Å². The summed E-state index contributed by atoms with van der Waals surface area (Å²) in [6, 6.07) is 7.95. The minimum absolute atomic E-state index is 0.0751. The summed E-state index contributed by atoms with van der Waals surface area (Å²) in [6.07, 6.45) is 2.65. The summed E-state index contributed by atoms with van der Waals surface area (Å²) >= 11 is 0. The molecule has 4 heteroatoms. The summed E-state index contributed by atoms with van der Waals surface area (Å²) in [5.41, 5.74) is 2.16. The summed E-state index contributed by atoms with van der Waals surface area (Å²) < 4.78 is 0. The fraction of sp³-hybridized carbons (Fsp3) is 0.231. The van der Waals surface area contributed by atoms with Crippen LogP contribution in [-0.2, 0) is 9.59 Å². The quantitative estimate of drug-likeness (QED) is 0.788. The SMILES string of the molecule is CC(CC(=O)NC=O)c1c[nH]c2ccccc12. The fourth-order valence-electron chi connectivity index (χ4n) is 2.01. The van der Waals surface area contributed by atoms with Crippen LogP contribution in [0.4, 0.5) is 0 Å². The first-order valence-corrected chi connectivity index (χ1v) is 5.51. The molecule has 0 saturated carbocycles. The Labute approximate surface area is 99.0 Å². The topological polar surface area (TPSA) is 62.0 Å². The van der Waals surface area contributed by atoms with Crippen LogP contribution >= 0.6 is 0 Å². The fourth-order valence-corrected chi connectivity index (χ4v) is 2.01. The van der Waals surface area contributed by atoms with Crippen molar-refractivity contribution in [1.82, 2.24) is 10.3 Å². The van der Waals surface area contributed by atoms with E-state index in [1.807, 2.05) is 37.4 Å². The Morgan fingerprint density at radius 1 is 1.47 bits per heavy atom. The number of imide groups is 1. The summed E-state index contributed by atoms with van der Waals surface area (Å²) in [7, 11) is 0. The molecule has 1 heterocycles. The minimum atomic E-state index is -0.252. The molecule has 17 heavy (non-hydrogen) atoms. The number of benzene rings is 1. The Morgan fingerprint density at radius 2 is 2.24 bits per heavy atom. The Hall–Kier alpha value is -2.10. The highest BCUT2D eigenvalue weighted by atomic mass is 16.2. The molecule has 2 N–H and O–H groups in total. The second-order valence-corrected chi connectivity index (χ2v) is 4.08. The Balaban J connectivity index is 2.21. The minimum Gasteiger partial charge on any atom is -0.361 e. The molecule has 4 nitrogen and oxygen atoms in total. The van der Waals surface area contributed by atoms with Crippen molar-refractivity contribution in [2.24, 2.45) is 0 Å². The van der Waals surface area contributed by atoms with Gasteiger partial charge in [-0.3, -0.25) is 14.9 Å². The smallest absolute Gasteiger partial charge is 0.226 e. The number of para-hydroxylation sites is 1. The highest BCUT2D eigenvalue weighted by molar-refractivity contribution is 5.88. The average molecular weight is 230 g/mol. The van der Waals surface area contributed by atoms with Crippen molar-refractivity contribution < 1.29 is 9.59 Å². The van der Waals surface area contributed by atoms with Crippen LogP contribution in [0.1, 0.15) is 24.8 Å². The summed E-state index contributed by atoms with van der Waals surface area (Å²) in [6.45, 7) is 1.97. The van der Waals surface area contributed by atoms with Crippen molar-refractivity contribution in [3.05, 3.63) is 36.0 Å². The predicted octanol–water partition coefficient (Wildman–Crippen LogP) is 1.93. The van der Waals surface area contributed by atoms with Crippen LogP contribution in [0.2, 0.25) is 0 Å². The van der Waals surface area contributed by atoms with E-state index in [4.69, 9.17) is 0 Å². The summed E-state index contributed by atoms with van der Waals surface area (Å²) in [5, 5.41) is 3.28. The number of carbonyl (C=O) groups is 2. The van der Waals surface area contributed by atoms with Gasteiger partial charge in [0.25, 0.3) is 0 Å². The van der Waals surface area contributed by atoms with Gasteiger partial charge in [0.05, 0.1) is 0 Å². The number of hydrogen-bond donors (Lipinski definition) is 2. The van der Waals surface area contributed by atoms with Gasteiger partial charge in [0.2, 0.25) is 12.3 Å². The lowest BCUT2D eigenvalue weighted by Crippen LogP contribution is -2.22. The predicted molar refractivity (Wildman–Crippen MR) is 65.5 cm³/mol. The molecule has 1 aromatic carbocycles. The monoisotopic (exact) mass is 230 g/mol. The molecule has 0 radical (unpaired) electrons. The van der Waals surface area contributed by atoms with E-state index in [1.54, 1.807) is 0 Å². The summed E-state index contributed by atoms with van der Waals surface area (Å²) in [4.78, 5) is 24.7. The molecule has 2 amide bonds. The molecule has 2 rings (SSSR count). The zero-order valence-electron chi connectivity index (χ0n) is 9.57. The number of rotatable bonds is 4. The van der Waals surface area contributed by atoms with E-state index in [-0.39, 0.29) is 11.8 Å². The zero-order valence-corrected chi connectivity index (χ0v) is 9.57. The maximum Gasteiger partial charge on any atom is 0.226 e. The number of aromatic amines is 1. The lowest BCUT2D eigenvalue weighted by Gasteiger charge is -2.08. The second-order valence-electron chi connectivity index (χ2n) is 4.08. The number of carbonyl (C=O) groups excluding carboxylic acids is 2. The third-order valence-electron chi connectivity index (χ3n) is 2.86. The van der Waals surface area contributed by atoms with Crippen molar-refractivity contribution in [3.63, 3.8) is 0 Å². The van der Waals surface area contributed by atoms with Gasteiger partial charge in [0, 0.05) is 23.5 Å². The van der Waals surface area contributed by atoms with E-state index in [1.165, 1.54) is 0 Å². The first-order chi connectivity index (χ1) is 8.22. The van der Waals surface area contributed by atoms with E-state index in [0.29, 0.717) is 12.8 Å². The van der Waals surface area contributed by atoms with Crippen LogP contribution in [-0.4, -0.2) is 17.3 Å². The molecule has 0 aliphatic rings. The van der Waals surface area contributed by atoms with Crippen molar-refractivity contribution in [1.29, 1.82) is 0 Å². The molecule has 0 spiro atoms. The first-order valence-electron chi connectivity index (χ1n) is 5.51. The van der Waals surface area contributed by atoms with E-state index >= 15 is 0 Å². The normalized spacial score (nSPS) is 12.3. The first kappa shape index (κ1) is 11.4. The van der Waals surface area contributed by atoms with Gasteiger partial charge in [-0.1, -0.05) is 25.1 Å². The van der Waals surface area contributed by atoms with E-state index in [0.717, 1.165) is 16.5 Å². The molecular weight excluding hydrogens is 216 g/mol. The third-order valence-corrected chi connectivity index (χ3v) is 2.86. The van der Waals surface area contributed by atoms with Crippen molar-refractivity contribution in [2.45, 2.75) is 19.3 Å². The van der Waals surface area contributed by atoms with Gasteiger partial charge in [-0.15, -0.1) is 0 Å². The average Bonchev–Trinajstić information content (AvgIpc) is 2.72. The molecule has 2 aromatic rings. The highest BCUT2D eigenvalue weighted by Gasteiger charge is 2.14. The molecule has 0 aliphatic carbocycles. The van der Waals surface area contributed by atoms with E-state index in [2.05, 4.69) is 10.3 Å². The van der Waals surface area contributed by atoms with E-state index < -0.39 is 0 Å². The number of amides is 2. The van der Waals surface area contributed by atoms with Gasteiger partial charge in [-0.25, -0.2) is 0 Å². The lowest BCUT2D eigenvalue weighted by atomic mass is 9.97. The number of H-pyrrole nitrogens is 1. The Morgan fingerprint density at radius 3 is 3.00 bits per heavy atom. The molecule has 0 bridgehead atoms. The van der Waals surface area contributed by atoms with Crippen molar-refractivity contribution >= 4 is 23.2 Å². The molecule has 0 saturated heterocycles. The summed E-state index contributed by atoms with van der Waals surface area (Å²) in [5.74, 6) is -0.177. The van der Waals surface area contributed by atoms with Crippen LogP contribution in [0.3, 0.4) is 0 Å². The largest absolute Gasteiger partial charge is 0.361 e. The van der Waals surface area contributed by atoms with Crippen molar-refractivity contribution in [3.8, 4) is 0 Å². The Bertz CT molecular complexity index is 545. The molecule has 0 aliphatic heterocycles. The van der Waals surface area contributed by atoms with Gasteiger partial charge in [0.1, 0.15) is 0 Å². The van der Waals surface area contributed by atoms with Crippen LogP contribution < -0.4 is 5.32 Å². The van der Waals surface area contributed by atoms with Crippen LogP contribution in [0.25, 0.3) is 10.9 Å². The second kappa shape index (κ2) is 4.82. The molecule has 1 atom stereocenters. The van der Waals surface area contributed by atoms with Crippen LogP contribution in [0.5, 0.6) is 0 Å². The van der Waals surface area contributed by atoms with E-state index in [9.17, 15) is 9.59 Å². The molecule has 0 fully saturated rings.